The summed E-state index contributed by atoms with van der Waals surface area (Å²) in [5, 5.41) is 8.23. The highest BCUT2D eigenvalue weighted by Gasteiger charge is 2.50. The normalized spacial score (nSPS) is 44.0. The van der Waals surface area contributed by atoms with Crippen LogP contribution in [0.15, 0.2) is 0 Å². The molecule has 8 heavy (non-hydrogen) atoms. The lowest BCUT2D eigenvalue weighted by molar-refractivity contribution is -0.138. The fourth-order valence-corrected chi connectivity index (χ4v) is 1.51. The number of carboxylic acids is 1. The van der Waals surface area contributed by atoms with E-state index in [4.69, 9.17) is 5.11 Å². The monoisotopic (exact) mass is 150 g/mol. The van der Waals surface area contributed by atoms with Gasteiger partial charge in [-0.05, 0) is 0 Å². The summed E-state index contributed by atoms with van der Waals surface area (Å²) in [7, 11) is 0. The molecule has 46 valence electrons. The Kier molecular flexibility index (Phi) is 1.45. The minimum absolute atomic E-state index is 0.0316. The van der Waals surface area contributed by atoms with E-state index in [2.05, 4.69) is 25.3 Å². The van der Waals surface area contributed by atoms with Crippen LogP contribution in [-0.2, 0) is 4.79 Å². The first-order valence-electron chi connectivity index (χ1n) is 2.23. The fourth-order valence-electron chi connectivity index (χ4n) is 0.572. The van der Waals surface area contributed by atoms with Crippen LogP contribution in [0.5, 0.6) is 0 Å². The first-order valence-corrected chi connectivity index (χ1v) is 3.27. The molecule has 2 nitrogen and oxygen atoms in total. The van der Waals surface area contributed by atoms with Gasteiger partial charge in [0, 0.05) is 10.5 Å². The number of carbonyl (C=O) groups is 1. The standard InChI is InChI=1S/C4H6O2S2/c5-4(6)1-2(7)3(1)8/h1-3,7-8H,(H,5,6). The predicted octanol–water partition coefficient (Wildman–Crippen LogP) is 0.298. The Labute approximate surface area is 58.1 Å². The smallest absolute Gasteiger partial charge is 0.308 e. The van der Waals surface area contributed by atoms with E-state index in [1.807, 2.05) is 0 Å². The molecule has 1 aliphatic carbocycles. The summed E-state index contributed by atoms with van der Waals surface area (Å²) in [6, 6.07) is 0. The van der Waals surface area contributed by atoms with Gasteiger partial charge in [-0.3, -0.25) is 4.79 Å². The molecule has 1 saturated carbocycles. The fraction of sp³-hybridized carbons (Fsp3) is 0.750. The Balaban J connectivity index is 2.44. The molecular formula is C4H6O2S2. The van der Waals surface area contributed by atoms with Crippen LogP contribution >= 0.6 is 25.3 Å². The maximum Gasteiger partial charge on any atom is 0.308 e. The van der Waals surface area contributed by atoms with E-state index < -0.39 is 5.97 Å². The van der Waals surface area contributed by atoms with Gasteiger partial charge in [-0.25, -0.2) is 0 Å². The van der Waals surface area contributed by atoms with Crippen molar-refractivity contribution < 1.29 is 9.90 Å². The third kappa shape index (κ3) is 0.821. The van der Waals surface area contributed by atoms with E-state index in [-0.39, 0.29) is 16.4 Å². The van der Waals surface area contributed by atoms with E-state index in [0.717, 1.165) is 0 Å². The van der Waals surface area contributed by atoms with E-state index in [1.54, 1.807) is 0 Å². The second-order valence-electron chi connectivity index (χ2n) is 1.85. The lowest BCUT2D eigenvalue weighted by atomic mass is 10.4. The number of thiol groups is 2. The summed E-state index contributed by atoms with van der Waals surface area (Å²) in [6.07, 6.45) is 0. The van der Waals surface area contributed by atoms with Crippen molar-refractivity contribution in [3.63, 3.8) is 0 Å². The molecule has 1 rings (SSSR count). The summed E-state index contributed by atoms with van der Waals surface area (Å²) >= 11 is 7.90. The molecule has 0 amide bonds. The van der Waals surface area contributed by atoms with Crippen LogP contribution in [0.25, 0.3) is 0 Å². The third-order valence-corrected chi connectivity index (χ3v) is 2.75. The van der Waals surface area contributed by atoms with E-state index in [9.17, 15) is 4.79 Å². The Morgan fingerprint density at radius 1 is 1.38 bits per heavy atom. The van der Waals surface area contributed by atoms with Gasteiger partial charge >= 0.3 is 5.97 Å². The quantitative estimate of drug-likeness (QED) is 0.470. The number of rotatable bonds is 1. The molecule has 0 aliphatic heterocycles. The van der Waals surface area contributed by atoms with Crippen LogP contribution in [0.1, 0.15) is 0 Å². The van der Waals surface area contributed by atoms with E-state index in [1.165, 1.54) is 0 Å². The summed E-state index contributed by atoms with van der Waals surface area (Å²) in [5.74, 6) is -1.10. The third-order valence-electron chi connectivity index (χ3n) is 1.23. The van der Waals surface area contributed by atoms with Crippen LogP contribution in [-0.4, -0.2) is 21.6 Å². The molecule has 0 aromatic rings. The molecule has 0 aromatic heterocycles. The van der Waals surface area contributed by atoms with Crippen LogP contribution in [0.2, 0.25) is 0 Å². The average Bonchev–Trinajstić information content (AvgIpc) is 2.15. The van der Waals surface area contributed by atoms with Gasteiger partial charge < -0.3 is 5.11 Å². The topological polar surface area (TPSA) is 37.3 Å². The average molecular weight is 150 g/mol. The maximum atomic E-state index is 10.1. The largest absolute Gasteiger partial charge is 0.481 e. The van der Waals surface area contributed by atoms with Crippen LogP contribution in [0.3, 0.4) is 0 Å². The van der Waals surface area contributed by atoms with E-state index >= 15 is 0 Å². The summed E-state index contributed by atoms with van der Waals surface area (Å²) in [6.45, 7) is 0. The highest BCUT2D eigenvalue weighted by molar-refractivity contribution is 7.86. The zero-order chi connectivity index (χ0) is 6.31. The molecule has 0 heterocycles. The summed E-state index contributed by atoms with van der Waals surface area (Å²) in [4.78, 5) is 10.1. The van der Waals surface area contributed by atoms with Gasteiger partial charge in [-0.15, -0.1) is 0 Å². The van der Waals surface area contributed by atoms with Gasteiger partial charge in [0.15, 0.2) is 0 Å². The van der Waals surface area contributed by atoms with Crippen LogP contribution in [0.4, 0.5) is 0 Å². The first kappa shape index (κ1) is 6.29. The molecule has 0 spiro atoms. The molecule has 1 N–H and O–H groups in total. The summed E-state index contributed by atoms with van der Waals surface area (Å²) < 4.78 is 0. The molecule has 4 heteroatoms. The molecule has 0 saturated heterocycles. The molecule has 2 unspecified atom stereocenters. The Morgan fingerprint density at radius 2 is 1.75 bits per heavy atom. The van der Waals surface area contributed by atoms with Crippen molar-refractivity contribution in [2.24, 2.45) is 5.92 Å². The minimum Gasteiger partial charge on any atom is -0.481 e. The number of aliphatic carboxylic acids is 1. The predicted molar refractivity (Wildman–Crippen MR) is 36.7 cm³/mol. The molecule has 0 radical (unpaired) electrons. The lowest BCUT2D eigenvalue weighted by Gasteiger charge is -1.80. The van der Waals surface area contributed by atoms with Crippen molar-refractivity contribution in [3.05, 3.63) is 0 Å². The lowest BCUT2D eigenvalue weighted by Crippen LogP contribution is -1.99. The van der Waals surface area contributed by atoms with Crippen molar-refractivity contribution in [3.8, 4) is 0 Å². The number of hydrogen-bond donors (Lipinski definition) is 3. The van der Waals surface area contributed by atoms with E-state index in [0.29, 0.717) is 0 Å². The minimum atomic E-state index is -0.787. The van der Waals surface area contributed by atoms with Gasteiger partial charge in [0.25, 0.3) is 0 Å². The molecule has 1 aliphatic rings. The van der Waals surface area contributed by atoms with Gasteiger partial charge in [0.2, 0.25) is 0 Å². The molecule has 0 aromatic carbocycles. The molecular weight excluding hydrogens is 144 g/mol. The van der Waals surface area contributed by atoms with Crippen LogP contribution < -0.4 is 0 Å². The second-order valence-corrected chi connectivity index (χ2v) is 3.04. The summed E-state index contributed by atoms with van der Waals surface area (Å²) in [5.41, 5.74) is 0. The van der Waals surface area contributed by atoms with Crippen molar-refractivity contribution in [2.75, 3.05) is 0 Å². The zero-order valence-corrected chi connectivity index (χ0v) is 5.77. The molecule has 0 bridgehead atoms. The van der Waals surface area contributed by atoms with Crippen molar-refractivity contribution in [2.45, 2.75) is 10.5 Å². The highest BCUT2D eigenvalue weighted by Crippen LogP contribution is 2.40. The molecule has 1 fully saturated rings. The Hall–Kier alpha value is 0.170. The van der Waals surface area contributed by atoms with Crippen molar-refractivity contribution in [1.82, 2.24) is 0 Å². The van der Waals surface area contributed by atoms with Crippen molar-refractivity contribution in [1.29, 1.82) is 0 Å². The first-order chi connectivity index (χ1) is 3.64. The SMILES string of the molecule is O=C(O)C1C(S)C1S. The highest BCUT2D eigenvalue weighted by atomic mass is 32.1. The van der Waals surface area contributed by atoms with Crippen molar-refractivity contribution >= 4 is 31.2 Å². The second kappa shape index (κ2) is 1.84. The number of carboxylic acid groups (broad SMARTS) is 1. The van der Waals surface area contributed by atoms with Crippen LogP contribution in [0, 0.1) is 5.92 Å². The van der Waals surface area contributed by atoms with Gasteiger partial charge in [0.05, 0.1) is 5.92 Å². The Morgan fingerprint density at radius 3 is 1.75 bits per heavy atom. The molecule has 2 atom stereocenters. The Bertz CT molecular complexity index is 117. The zero-order valence-electron chi connectivity index (χ0n) is 3.98. The number of hydrogen-bond acceptors (Lipinski definition) is 3. The van der Waals surface area contributed by atoms with Gasteiger partial charge in [-0.2, -0.15) is 25.3 Å². The maximum absolute atomic E-state index is 10.1. The van der Waals surface area contributed by atoms with Gasteiger partial charge in [-0.1, -0.05) is 0 Å². The van der Waals surface area contributed by atoms with Gasteiger partial charge in [0.1, 0.15) is 0 Å².